The van der Waals surface area contributed by atoms with Gasteiger partial charge in [0.25, 0.3) is 0 Å². The number of rotatable bonds is 8. The van der Waals surface area contributed by atoms with E-state index in [1.165, 1.54) is 6.07 Å². The molecule has 0 radical (unpaired) electrons. The van der Waals surface area contributed by atoms with Crippen LogP contribution in [-0.4, -0.2) is 61.7 Å². The summed E-state index contributed by atoms with van der Waals surface area (Å²) in [7, 11) is 0. The molecule has 1 aromatic heterocycles. The summed E-state index contributed by atoms with van der Waals surface area (Å²) in [6.07, 6.45) is 2.74. The number of aliphatic imine (C=N–C) groups is 1. The second-order valence-electron chi connectivity index (χ2n) is 7.89. The van der Waals surface area contributed by atoms with Crippen LogP contribution in [0.4, 0.5) is 10.2 Å². The van der Waals surface area contributed by atoms with E-state index in [1.54, 1.807) is 6.07 Å². The lowest BCUT2D eigenvalue weighted by molar-refractivity contribution is 0.270. The molecule has 0 saturated carbocycles. The maximum Gasteiger partial charge on any atom is 0.191 e. The Bertz CT molecular complexity index is 844. The molecule has 0 spiro atoms. The molecule has 0 unspecified atom stereocenters. The van der Waals surface area contributed by atoms with Gasteiger partial charge in [-0.15, -0.1) is 0 Å². The van der Waals surface area contributed by atoms with E-state index >= 15 is 0 Å². The van der Waals surface area contributed by atoms with E-state index in [9.17, 15) is 4.39 Å². The summed E-state index contributed by atoms with van der Waals surface area (Å²) in [6.45, 7) is 13.7. The average molecular weight is 427 g/mol. The van der Waals surface area contributed by atoms with Crippen LogP contribution in [0.2, 0.25) is 0 Å². The Labute approximate surface area is 185 Å². The van der Waals surface area contributed by atoms with Crippen molar-refractivity contribution in [2.24, 2.45) is 4.99 Å². The highest BCUT2D eigenvalue weighted by molar-refractivity contribution is 5.79. The number of hydrogen-bond acceptors (Lipinski definition) is 4. The van der Waals surface area contributed by atoms with Gasteiger partial charge in [0.05, 0.1) is 6.54 Å². The molecule has 31 heavy (non-hydrogen) atoms. The lowest BCUT2D eigenvalue weighted by atomic mass is 10.1. The van der Waals surface area contributed by atoms with Gasteiger partial charge in [-0.25, -0.2) is 14.4 Å². The summed E-state index contributed by atoms with van der Waals surface area (Å²) in [6, 6.07) is 9.16. The molecule has 0 bridgehead atoms. The maximum absolute atomic E-state index is 13.3. The van der Waals surface area contributed by atoms with Crippen LogP contribution in [0, 0.1) is 12.7 Å². The van der Waals surface area contributed by atoms with Crippen LogP contribution in [0.3, 0.4) is 0 Å². The fraction of sp³-hybridized carbons (Fsp3) is 0.500. The number of aryl methyl sites for hydroxylation is 1. The highest BCUT2D eigenvalue weighted by Crippen LogP contribution is 2.14. The van der Waals surface area contributed by atoms with Gasteiger partial charge < -0.3 is 20.4 Å². The first-order valence-corrected chi connectivity index (χ1v) is 11.3. The molecule has 1 aliphatic rings. The number of anilines is 1. The van der Waals surface area contributed by atoms with E-state index in [-0.39, 0.29) is 5.82 Å². The summed E-state index contributed by atoms with van der Waals surface area (Å²) >= 11 is 0. The van der Waals surface area contributed by atoms with Crippen LogP contribution in [-0.2, 0) is 13.0 Å². The standard InChI is InChI=1S/C24H35FN6/c1-4-26-24(27-11-10-21-7-8-22(25)16-19(21)3)29-18-20-6-9-23(28-17-20)31-14-12-30(5-2)13-15-31/h6-9,16-17H,4-5,10-15,18H2,1-3H3,(H2,26,27,29). The van der Waals surface area contributed by atoms with Crippen molar-refractivity contribution >= 4 is 11.8 Å². The van der Waals surface area contributed by atoms with Gasteiger partial charge in [0, 0.05) is 45.5 Å². The van der Waals surface area contributed by atoms with Crippen LogP contribution in [0.15, 0.2) is 41.5 Å². The van der Waals surface area contributed by atoms with Crippen molar-refractivity contribution in [3.8, 4) is 0 Å². The molecule has 0 aliphatic carbocycles. The molecule has 1 saturated heterocycles. The molecular formula is C24H35FN6. The third kappa shape index (κ3) is 6.92. The molecule has 1 aromatic carbocycles. The molecule has 0 amide bonds. The fourth-order valence-corrected chi connectivity index (χ4v) is 3.76. The number of nitrogens with one attached hydrogen (secondary N) is 2. The van der Waals surface area contributed by atoms with E-state index in [0.29, 0.717) is 6.54 Å². The van der Waals surface area contributed by atoms with Crippen molar-refractivity contribution in [1.82, 2.24) is 20.5 Å². The molecule has 1 fully saturated rings. The highest BCUT2D eigenvalue weighted by Gasteiger charge is 2.16. The van der Waals surface area contributed by atoms with Crippen LogP contribution in [0.1, 0.15) is 30.5 Å². The maximum atomic E-state index is 13.3. The topological polar surface area (TPSA) is 55.8 Å². The minimum atomic E-state index is -0.188. The number of hydrogen-bond donors (Lipinski definition) is 2. The molecule has 3 rings (SSSR count). The largest absolute Gasteiger partial charge is 0.357 e. The van der Waals surface area contributed by atoms with Crippen LogP contribution in [0.5, 0.6) is 0 Å². The minimum Gasteiger partial charge on any atom is -0.357 e. The smallest absolute Gasteiger partial charge is 0.191 e. The van der Waals surface area contributed by atoms with E-state index in [4.69, 9.17) is 0 Å². The second kappa shape index (κ2) is 11.6. The Morgan fingerprint density at radius 1 is 1.10 bits per heavy atom. The summed E-state index contributed by atoms with van der Waals surface area (Å²) in [5.74, 6) is 1.64. The van der Waals surface area contributed by atoms with Crippen molar-refractivity contribution in [3.63, 3.8) is 0 Å². The number of piperazine rings is 1. The van der Waals surface area contributed by atoms with Crippen molar-refractivity contribution < 1.29 is 4.39 Å². The van der Waals surface area contributed by atoms with E-state index in [0.717, 1.165) is 80.7 Å². The van der Waals surface area contributed by atoms with Gasteiger partial charge in [-0.05, 0) is 61.7 Å². The summed E-state index contributed by atoms with van der Waals surface area (Å²) in [4.78, 5) is 14.2. The molecular weight excluding hydrogens is 391 g/mol. The van der Waals surface area contributed by atoms with Gasteiger partial charge in [0.1, 0.15) is 11.6 Å². The number of aromatic nitrogens is 1. The first-order chi connectivity index (χ1) is 15.1. The van der Waals surface area contributed by atoms with Crippen LogP contribution < -0.4 is 15.5 Å². The monoisotopic (exact) mass is 426 g/mol. The fourth-order valence-electron chi connectivity index (χ4n) is 3.76. The van der Waals surface area contributed by atoms with Gasteiger partial charge in [0.15, 0.2) is 5.96 Å². The normalized spacial score (nSPS) is 15.2. The SMILES string of the molecule is CCNC(=NCc1ccc(N2CCN(CC)CC2)nc1)NCCc1ccc(F)cc1C. The molecule has 6 nitrogen and oxygen atoms in total. The molecule has 168 valence electrons. The van der Waals surface area contributed by atoms with Crippen molar-refractivity contribution in [2.75, 3.05) is 50.7 Å². The van der Waals surface area contributed by atoms with Crippen LogP contribution >= 0.6 is 0 Å². The van der Waals surface area contributed by atoms with Gasteiger partial charge >= 0.3 is 0 Å². The number of guanidine groups is 1. The molecule has 0 atom stereocenters. The second-order valence-corrected chi connectivity index (χ2v) is 7.89. The van der Waals surface area contributed by atoms with Crippen molar-refractivity contribution in [1.29, 1.82) is 0 Å². The van der Waals surface area contributed by atoms with Crippen LogP contribution in [0.25, 0.3) is 0 Å². The summed E-state index contributed by atoms with van der Waals surface area (Å²) < 4.78 is 13.3. The zero-order chi connectivity index (χ0) is 22.1. The Morgan fingerprint density at radius 3 is 2.55 bits per heavy atom. The predicted octanol–water partition coefficient (Wildman–Crippen LogP) is 2.97. The molecule has 2 heterocycles. The predicted molar refractivity (Wildman–Crippen MR) is 126 cm³/mol. The Kier molecular flexibility index (Phi) is 8.64. The summed E-state index contributed by atoms with van der Waals surface area (Å²) in [5.41, 5.74) is 3.21. The highest BCUT2D eigenvalue weighted by atomic mass is 19.1. The molecule has 2 aromatic rings. The van der Waals surface area contributed by atoms with E-state index < -0.39 is 0 Å². The van der Waals surface area contributed by atoms with E-state index in [2.05, 4.69) is 56.4 Å². The Balaban J connectivity index is 1.51. The third-order valence-electron chi connectivity index (χ3n) is 5.71. The first kappa shape index (κ1) is 23.0. The number of likely N-dealkylation sites (N-methyl/N-ethyl adjacent to an activating group) is 1. The molecule has 2 N–H and O–H groups in total. The zero-order valence-corrected chi connectivity index (χ0v) is 19.0. The van der Waals surface area contributed by atoms with Crippen molar-refractivity contribution in [3.05, 3.63) is 59.0 Å². The van der Waals surface area contributed by atoms with Gasteiger partial charge in [-0.3, -0.25) is 0 Å². The average Bonchev–Trinajstić information content (AvgIpc) is 2.79. The van der Waals surface area contributed by atoms with Gasteiger partial charge in [0.2, 0.25) is 0 Å². The number of pyridine rings is 1. The van der Waals surface area contributed by atoms with Gasteiger partial charge in [-0.1, -0.05) is 19.1 Å². The zero-order valence-electron chi connectivity index (χ0n) is 19.0. The third-order valence-corrected chi connectivity index (χ3v) is 5.71. The first-order valence-electron chi connectivity index (χ1n) is 11.3. The minimum absolute atomic E-state index is 0.188. The van der Waals surface area contributed by atoms with Gasteiger partial charge in [-0.2, -0.15) is 0 Å². The number of halogens is 1. The molecule has 7 heteroatoms. The lowest BCUT2D eigenvalue weighted by Gasteiger charge is -2.34. The number of benzene rings is 1. The number of nitrogens with zero attached hydrogens (tertiary/aromatic N) is 4. The Morgan fingerprint density at radius 2 is 1.90 bits per heavy atom. The van der Waals surface area contributed by atoms with Crippen molar-refractivity contribution in [2.45, 2.75) is 33.7 Å². The summed E-state index contributed by atoms with van der Waals surface area (Å²) in [5, 5.41) is 6.65. The quantitative estimate of drug-likeness (QED) is 0.502. The Hall–Kier alpha value is -2.67. The lowest BCUT2D eigenvalue weighted by Crippen LogP contribution is -2.46. The van der Waals surface area contributed by atoms with E-state index in [1.807, 2.05) is 19.2 Å². The molecule has 1 aliphatic heterocycles.